The number of halogens is 1. The number of nitrogens with zero attached hydrogens (tertiary/aromatic N) is 2. The molecule has 2 N–H and O–H groups in total. The first kappa shape index (κ1) is 23.5. The molecule has 34 heavy (non-hydrogen) atoms. The predicted octanol–water partition coefficient (Wildman–Crippen LogP) is 4.89. The van der Waals surface area contributed by atoms with Crippen LogP contribution in [0.2, 0.25) is 5.02 Å². The lowest BCUT2D eigenvalue weighted by molar-refractivity contribution is 0.0995. The number of furan rings is 1. The second kappa shape index (κ2) is 9.30. The van der Waals surface area contributed by atoms with Gasteiger partial charge in [0.05, 0.1) is 26.4 Å². The fourth-order valence-corrected chi connectivity index (χ4v) is 3.87. The van der Waals surface area contributed by atoms with E-state index in [1.807, 2.05) is 12.1 Å². The Bertz CT molecular complexity index is 1200. The minimum Gasteiger partial charge on any atom is -0.479 e. The highest BCUT2D eigenvalue weighted by atomic mass is 35.5. The van der Waals surface area contributed by atoms with Gasteiger partial charge in [-0.2, -0.15) is 9.97 Å². The molecule has 3 aromatic rings. The summed E-state index contributed by atoms with van der Waals surface area (Å²) in [4.78, 5) is 20.9. The summed E-state index contributed by atoms with van der Waals surface area (Å²) in [6.07, 6.45) is 2.31. The van der Waals surface area contributed by atoms with Gasteiger partial charge < -0.3 is 34.0 Å². The maximum atomic E-state index is 12.8. The molecule has 2 aromatic heterocycles. The molecule has 0 aliphatic carbocycles. The molecule has 1 aromatic carbocycles. The highest BCUT2D eigenvalue weighted by Gasteiger charge is 2.29. The number of fused-ring (bicyclic) bond motifs is 1. The summed E-state index contributed by atoms with van der Waals surface area (Å²) in [6, 6.07) is 5.25. The molecule has 1 aliphatic rings. The standard InChI is InChI=1S/C23H25ClN4O6/c1-23(2)6-7-25-15-10-14(24)16(9-13(15)23)34-12-8-17(33-11-12)19(29)26-18-20(30-3)27-22(32-5)28-21(18)31-4/h8-11,25H,6-7H2,1-5H3,(H,26,29). The van der Waals surface area contributed by atoms with E-state index in [9.17, 15) is 4.79 Å². The number of anilines is 2. The van der Waals surface area contributed by atoms with Crippen LogP contribution in [-0.4, -0.2) is 43.7 Å². The third-order valence-electron chi connectivity index (χ3n) is 5.52. The van der Waals surface area contributed by atoms with Gasteiger partial charge in [0, 0.05) is 18.3 Å². The highest BCUT2D eigenvalue weighted by molar-refractivity contribution is 6.32. The number of amides is 1. The zero-order valence-electron chi connectivity index (χ0n) is 19.4. The van der Waals surface area contributed by atoms with Crippen molar-refractivity contribution >= 4 is 28.9 Å². The SMILES string of the molecule is COc1nc(OC)c(NC(=O)c2cc(Oc3cc4c(cc3Cl)NCCC4(C)C)co2)c(OC)n1. The maximum absolute atomic E-state index is 12.8. The largest absolute Gasteiger partial charge is 0.479 e. The second-order valence-corrected chi connectivity index (χ2v) is 8.60. The van der Waals surface area contributed by atoms with Crippen LogP contribution in [-0.2, 0) is 5.41 Å². The van der Waals surface area contributed by atoms with E-state index in [0.29, 0.717) is 16.5 Å². The van der Waals surface area contributed by atoms with Gasteiger partial charge in [0.15, 0.2) is 17.2 Å². The van der Waals surface area contributed by atoms with Crippen molar-refractivity contribution in [3.63, 3.8) is 0 Å². The van der Waals surface area contributed by atoms with Gasteiger partial charge in [0.1, 0.15) is 12.0 Å². The second-order valence-electron chi connectivity index (χ2n) is 8.20. The van der Waals surface area contributed by atoms with Gasteiger partial charge >= 0.3 is 6.01 Å². The molecule has 180 valence electrons. The molecule has 11 heteroatoms. The number of benzene rings is 1. The average Bonchev–Trinajstić information content (AvgIpc) is 3.28. The minimum absolute atomic E-state index is 0.00833. The van der Waals surface area contributed by atoms with Crippen LogP contribution in [0.1, 0.15) is 36.4 Å². The molecule has 0 saturated carbocycles. The Morgan fingerprint density at radius 1 is 1.12 bits per heavy atom. The van der Waals surface area contributed by atoms with Crippen molar-refractivity contribution in [3.8, 4) is 29.3 Å². The zero-order valence-corrected chi connectivity index (χ0v) is 20.2. The van der Waals surface area contributed by atoms with Crippen LogP contribution in [0.25, 0.3) is 0 Å². The van der Waals surface area contributed by atoms with Crippen LogP contribution in [0.4, 0.5) is 11.4 Å². The lowest BCUT2D eigenvalue weighted by Gasteiger charge is -2.33. The Hall–Kier alpha value is -3.66. The van der Waals surface area contributed by atoms with E-state index in [2.05, 4.69) is 34.4 Å². The summed E-state index contributed by atoms with van der Waals surface area (Å²) in [6.45, 7) is 5.23. The molecule has 4 rings (SSSR count). The fourth-order valence-electron chi connectivity index (χ4n) is 3.67. The van der Waals surface area contributed by atoms with Crippen molar-refractivity contribution in [1.29, 1.82) is 0 Å². The van der Waals surface area contributed by atoms with Crippen molar-refractivity contribution in [1.82, 2.24) is 9.97 Å². The van der Waals surface area contributed by atoms with Crippen LogP contribution in [0, 0.1) is 0 Å². The topological polar surface area (TPSA) is 117 Å². The van der Waals surface area contributed by atoms with Crippen LogP contribution < -0.4 is 29.6 Å². The maximum Gasteiger partial charge on any atom is 0.322 e. The van der Waals surface area contributed by atoms with Gasteiger partial charge in [-0.15, -0.1) is 0 Å². The number of hydrogen-bond donors (Lipinski definition) is 2. The van der Waals surface area contributed by atoms with Crippen molar-refractivity contribution in [2.24, 2.45) is 0 Å². The number of ether oxygens (including phenoxy) is 4. The molecule has 1 aliphatic heterocycles. The van der Waals surface area contributed by atoms with Gasteiger partial charge in [-0.3, -0.25) is 4.79 Å². The molecule has 0 bridgehead atoms. The average molecular weight is 489 g/mol. The smallest absolute Gasteiger partial charge is 0.322 e. The molecule has 0 saturated heterocycles. The third kappa shape index (κ3) is 4.54. The lowest BCUT2D eigenvalue weighted by atomic mass is 9.78. The molecular formula is C23H25ClN4O6. The Labute approximate surface area is 201 Å². The number of nitrogens with one attached hydrogen (secondary N) is 2. The summed E-state index contributed by atoms with van der Waals surface area (Å²) < 4.78 is 26.8. The van der Waals surface area contributed by atoms with Crippen LogP contribution >= 0.6 is 11.6 Å². The summed E-state index contributed by atoms with van der Waals surface area (Å²) in [5, 5.41) is 6.45. The zero-order chi connectivity index (χ0) is 24.5. The number of carbonyl (C=O) groups excluding carboxylic acids is 1. The summed E-state index contributed by atoms with van der Waals surface area (Å²) >= 11 is 6.45. The minimum atomic E-state index is -0.581. The molecule has 0 radical (unpaired) electrons. The Balaban J connectivity index is 1.56. The molecule has 0 unspecified atom stereocenters. The van der Waals surface area contributed by atoms with Crippen molar-refractivity contribution in [2.75, 3.05) is 38.5 Å². The number of aromatic nitrogens is 2. The molecule has 0 atom stereocenters. The number of rotatable bonds is 7. The number of hydrogen-bond acceptors (Lipinski definition) is 9. The summed E-state index contributed by atoms with van der Waals surface area (Å²) in [5.41, 5.74) is 2.20. The van der Waals surface area contributed by atoms with Crippen molar-refractivity contribution in [3.05, 3.63) is 40.8 Å². The predicted molar refractivity (Wildman–Crippen MR) is 126 cm³/mol. The first-order valence-corrected chi connectivity index (χ1v) is 10.8. The van der Waals surface area contributed by atoms with E-state index in [1.165, 1.54) is 33.7 Å². The quantitative estimate of drug-likeness (QED) is 0.479. The Morgan fingerprint density at radius 2 is 1.82 bits per heavy atom. The molecule has 1 amide bonds. The third-order valence-corrected chi connectivity index (χ3v) is 5.82. The van der Waals surface area contributed by atoms with Crippen LogP contribution in [0.3, 0.4) is 0 Å². The highest BCUT2D eigenvalue weighted by Crippen LogP contribution is 2.43. The van der Waals surface area contributed by atoms with E-state index in [-0.39, 0.29) is 34.6 Å². The first-order valence-electron chi connectivity index (χ1n) is 10.5. The van der Waals surface area contributed by atoms with Crippen LogP contribution in [0.15, 0.2) is 28.9 Å². The molecule has 0 fully saturated rings. The van der Waals surface area contributed by atoms with E-state index >= 15 is 0 Å². The summed E-state index contributed by atoms with van der Waals surface area (Å²) in [5.74, 6) is 0.331. The molecule has 3 heterocycles. The fraction of sp³-hybridized carbons (Fsp3) is 0.348. The van der Waals surface area contributed by atoms with Crippen molar-refractivity contribution < 1.29 is 28.2 Å². The Morgan fingerprint density at radius 3 is 2.47 bits per heavy atom. The van der Waals surface area contributed by atoms with Gasteiger partial charge in [-0.25, -0.2) is 0 Å². The lowest BCUT2D eigenvalue weighted by Crippen LogP contribution is -2.28. The van der Waals surface area contributed by atoms with Gasteiger partial charge in [-0.05, 0) is 29.5 Å². The van der Waals surface area contributed by atoms with E-state index < -0.39 is 5.91 Å². The van der Waals surface area contributed by atoms with Gasteiger partial charge in [-0.1, -0.05) is 25.4 Å². The Kier molecular flexibility index (Phi) is 6.43. The van der Waals surface area contributed by atoms with E-state index in [4.69, 9.17) is 35.0 Å². The molecule has 10 nitrogen and oxygen atoms in total. The molecular weight excluding hydrogens is 464 g/mol. The van der Waals surface area contributed by atoms with E-state index in [0.717, 1.165) is 24.2 Å². The van der Waals surface area contributed by atoms with Gasteiger partial charge in [0.2, 0.25) is 11.8 Å². The number of carbonyl (C=O) groups is 1. The summed E-state index contributed by atoms with van der Waals surface area (Å²) in [7, 11) is 4.20. The van der Waals surface area contributed by atoms with Crippen molar-refractivity contribution in [2.45, 2.75) is 25.7 Å². The van der Waals surface area contributed by atoms with E-state index in [1.54, 1.807) is 0 Å². The number of methoxy groups -OCH3 is 3. The monoisotopic (exact) mass is 488 g/mol. The van der Waals surface area contributed by atoms with Gasteiger partial charge in [0.25, 0.3) is 5.91 Å². The first-order chi connectivity index (χ1) is 16.2. The van der Waals surface area contributed by atoms with Crippen LogP contribution in [0.5, 0.6) is 29.3 Å². The normalized spacial score (nSPS) is 13.9. The molecule has 0 spiro atoms.